The lowest BCUT2D eigenvalue weighted by atomic mass is 10.2. The standard InChI is InChI=1S/C9H8F3IN2O3/c10-5-1-7(14-3-9(11,12)4-16)8(15(17)18)2-6(5)13/h1-2,14,16H,3-4H2. The summed E-state index contributed by atoms with van der Waals surface area (Å²) in [4.78, 5) is 9.88. The first-order chi connectivity index (χ1) is 8.26. The van der Waals surface area contributed by atoms with E-state index >= 15 is 0 Å². The topological polar surface area (TPSA) is 75.4 Å². The Morgan fingerprint density at radius 3 is 2.61 bits per heavy atom. The second kappa shape index (κ2) is 5.69. The first-order valence-corrected chi connectivity index (χ1v) is 5.71. The Balaban J connectivity index is 3.01. The van der Waals surface area contributed by atoms with Crippen molar-refractivity contribution in [3.63, 3.8) is 0 Å². The number of nitro groups is 1. The third kappa shape index (κ3) is 3.70. The third-order valence-corrected chi connectivity index (χ3v) is 2.83. The first kappa shape index (κ1) is 15.0. The fourth-order valence-electron chi connectivity index (χ4n) is 1.11. The highest BCUT2D eigenvalue weighted by molar-refractivity contribution is 14.1. The van der Waals surface area contributed by atoms with Crippen LogP contribution in [0.15, 0.2) is 12.1 Å². The zero-order valence-corrected chi connectivity index (χ0v) is 10.9. The molecule has 0 aliphatic heterocycles. The number of halogens is 4. The Bertz CT molecular complexity index is 471. The number of benzene rings is 1. The van der Waals surface area contributed by atoms with E-state index in [1.807, 2.05) is 0 Å². The SMILES string of the molecule is O=[N+]([O-])c1cc(I)c(F)cc1NCC(F)(F)CO. The van der Waals surface area contributed by atoms with Gasteiger partial charge in [0.25, 0.3) is 11.6 Å². The molecule has 9 heteroatoms. The summed E-state index contributed by atoms with van der Waals surface area (Å²) >= 11 is 1.56. The lowest BCUT2D eigenvalue weighted by molar-refractivity contribution is -0.384. The molecule has 2 N–H and O–H groups in total. The predicted octanol–water partition coefficient (Wildman–Crippen LogP) is 2.38. The number of alkyl halides is 2. The molecule has 0 aromatic heterocycles. The second-order valence-corrected chi connectivity index (χ2v) is 4.57. The fraction of sp³-hybridized carbons (Fsp3) is 0.333. The summed E-state index contributed by atoms with van der Waals surface area (Å²) in [6.45, 7) is -2.43. The highest BCUT2D eigenvalue weighted by Crippen LogP contribution is 2.29. The van der Waals surface area contributed by atoms with E-state index in [4.69, 9.17) is 5.11 Å². The first-order valence-electron chi connectivity index (χ1n) is 4.63. The molecule has 18 heavy (non-hydrogen) atoms. The molecule has 0 amide bonds. The number of aliphatic hydroxyl groups is 1. The molecule has 0 bridgehead atoms. The van der Waals surface area contributed by atoms with Crippen LogP contribution in [0.5, 0.6) is 0 Å². The number of hydrogen-bond donors (Lipinski definition) is 2. The van der Waals surface area contributed by atoms with Crippen molar-refractivity contribution in [3.8, 4) is 0 Å². The molecule has 5 nitrogen and oxygen atoms in total. The molecule has 0 spiro atoms. The van der Waals surface area contributed by atoms with Gasteiger partial charge in [-0.3, -0.25) is 10.1 Å². The maximum absolute atomic E-state index is 13.2. The van der Waals surface area contributed by atoms with Crippen molar-refractivity contribution in [2.75, 3.05) is 18.5 Å². The Morgan fingerprint density at radius 1 is 1.50 bits per heavy atom. The quantitative estimate of drug-likeness (QED) is 0.470. The number of anilines is 1. The van der Waals surface area contributed by atoms with Crippen LogP contribution in [0.2, 0.25) is 0 Å². The molecule has 0 atom stereocenters. The molecule has 0 saturated carbocycles. The molecule has 0 heterocycles. The van der Waals surface area contributed by atoms with E-state index in [1.165, 1.54) is 0 Å². The molecule has 100 valence electrons. The highest BCUT2D eigenvalue weighted by Gasteiger charge is 2.29. The molecule has 0 saturated heterocycles. The van der Waals surface area contributed by atoms with E-state index in [2.05, 4.69) is 5.32 Å². The minimum Gasteiger partial charge on any atom is -0.390 e. The Morgan fingerprint density at radius 2 is 2.11 bits per heavy atom. The third-order valence-electron chi connectivity index (χ3n) is 2.00. The lowest BCUT2D eigenvalue weighted by Crippen LogP contribution is -2.31. The van der Waals surface area contributed by atoms with Gasteiger partial charge in [-0.25, -0.2) is 13.2 Å². The van der Waals surface area contributed by atoms with Crippen LogP contribution in [0.3, 0.4) is 0 Å². The Kier molecular flexibility index (Phi) is 4.73. The number of hydrogen-bond acceptors (Lipinski definition) is 4. The Hall–Kier alpha value is -1.10. The highest BCUT2D eigenvalue weighted by atomic mass is 127. The van der Waals surface area contributed by atoms with E-state index in [1.54, 1.807) is 22.6 Å². The summed E-state index contributed by atoms with van der Waals surface area (Å²) in [6, 6.07) is 1.71. The fourth-order valence-corrected chi connectivity index (χ4v) is 1.56. The van der Waals surface area contributed by atoms with Crippen LogP contribution in [0, 0.1) is 19.5 Å². The minimum absolute atomic E-state index is 0.0127. The summed E-state index contributed by atoms with van der Waals surface area (Å²) in [5, 5.41) is 21.1. The number of nitro benzene ring substituents is 1. The van der Waals surface area contributed by atoms with Crippen LogP contribution < -0.4 is 5.32 Å². The van der Waals surface area contributed by atoms with Gasteiger partial charge >= 0.3 is 0 Å². The van der Waals surface area contributed by atoms with Crippen molar-refractivity contribution >= 4 is 34.0 Å². The van der Waals surface area contributed by atoms with Crippen LogP contribution in [0.1, 0.15) is 0 Å². The molecule has 1 aromatic carbocycles. The van der Waals surface area contributed by atoms with Crippen molar-refractivity contribution in [2.45, 2.75) is 5.92 Å². The van der Waals surface area contributed by atoms with Gasteiger partial charge in [-0.15, -0.1) is 0 Å². The van der Waals surface area contributed by atoms with E-state index < -0.39 is 35.5 Å². The maximum atomic E-state index is 13.2. The van der Waals surface area contributed by atoms with Gasteiger partial charge in [0.2, 0.25) is 0 Å². The molecule has 1 rings (SSSR count). The molecule has 0 aliphatic carbocycles. The van der Waals surface area contributed by atoms with Crippen molar-refractivity contribution in [1.29, 1.82) is 0 Å². The van der Waals surface area contributed by atoms with E-state index in [0.29, 0.717) is 0 Å². The van der Waals surface area contributed by atoms with Gasteiger partial charge in [-0.1, -0.05) is 0 Å². The summed E-state index contributed by atoms with van der Waals surface area (Å²) in [5.41, 5.74) is -0.861. The van der Waals surface area contributed by atoms with Crippen molar-refractivity contribution in [3.05, 3.63) is 31.6 Å². The number of nitrogens with one attached hydrogen (secondary N) is 1. The molecule has 0 unspecified atom stereocenters. The van der Waals surface area contributed by atoms with Gasteiger partial charge < -0.3 is 10.4 Å². The van der Waals surface area contributed by atoms with Gasteiger partial charge in [0.15, 0.2) is 0 Å². The van der Waals surface area contributed by atoms with E-state index in [0.717, 1.165) is 12.1 Å². The zero-order valence-electron chi connectivity index (χ0n) is 8.79. The average molecular weight is 376 g/mol. The summed E-state index contributed by atoms with van der Waals surface area (Å²) in [6.07, 6.45) is 0. The van der Waals surface area contributed by atoms with Gasteiger partial charge in [-0.2, -0.15) is 0 Å². The van der Waals surface area contributed by atoms with Gasteiger partial charge in [0.05, 0.1) is 15.0 Å². The van der Waals surface area contributed by atoms with E-state index in [9.17, 15) is 23.3 Å². The summed E-state index contributed by atoms with van der Waals surface area (Å²) < 4.78 is 38.8. The smallest absolute Gasteiger partial charge is 0.293 e. The average Bonchev–Trinajstić information content (AvgIpc) is 2.30. The second-order valence-electron chi connectivity index (χ2n) is 3.41. The molecule has 0 aliphatic rings. The monoisotopic (exact) mass is 376 g/mol. The zero-order chi connectivity index (χ0) is 13.9. The normalized spacial score (nSPS) is 11.4. The van der Waals surface area contributed by atoms with Gasteiger partial charge in [0.1, 0.15) is 18.1 Å². The van der Waals surface area contributed by atoms with Crippen LogP contribution >= 0.6 is 22.6 Å². The lowest BCUT2D eigenvalue weighted by Gasteiger charge is -2.15. The van der Waals surface area contributed by atoms with Gasteiger partial charge in [-0.05, 0) is 22.6 Å². The maximum Gasteiger partial charge on any atom is 0.293 e. The molecule has 1 aromatic rings. The molecule has 0 radical (unpaired) electrons. The molecular formula is C9H8F3IN2O3. The van der Waals surface area contributed by atoms with Crippen LogP contribution in [-0.4, -0.2) is 29.1 Å². The number of nitrogens with zero attached hydrogens (tertiary/aromatic N) is 1. The van der Waals surface area contributed by atoms with Crippen molar-refractivity contribution in [2.24, 2.45) is 0 Å². The summed E-state index contributed by atoms with van der Waals surface area (Å²) in [7, 11) is 0. The number of aliphatic hydroxyl groups excluding tert-OH is 1. The van der Waals surface area contributed by atoms with Crippen LogP contribution in [0.25, 0.3) is 0 Å². The van der Waals surface area contributed by atoms with Gasteiger partial charge in [0, 0.05) is 12.1 Å². The predicted molar refractivity (Wildman–Crippen MR) is 66.3 cm³/mol. The number of rotatable bonds is 5. The molecule has 0 fully saturated rings. The minimum atomic E-state index is -3.44. The van der Waals surface area contributed by atoms with Crippen molar-refractivity contribution in [1.82, 2.24) is 0 Å². The summed E-state index contributed by atoms with van der Waals surface area (Å²) in [5.74, 6) is -4.19. The van der Waals surface area contributed by atoms with E-state index in [-0.39, 0.29) is 9.26 Å². The Labute approximate surface area is 113 Å². The van der Waals surface area contributed by atoms with Crippen LogP contribution in [0.4, 0.5) is 24.5 Å². The molecular weight excluding hydrogens is 368 g/mol. The van der Waals surface area contributed by atoms with Crippen LogP contribution in [-0.2, 0) is 0 Å². The van der Waals surface area contributed by atoms with Crippen molar-refractivity contribution < 1.29 is 23.2 Å². The largest absolute Gasteiger partial charge is 0.390 e.